The molecule has 6 atom stereocenters. The molecule has 200 valence electrons. The van der Waals surface area contributed by atoms with Gasteiger partial charge in [0, 0.05) is 45.1 Å². The van der Waals surface area contributed by atoms with Crippen LogP contribution < -0.4 is 0 Å². The number of unbranched alkanes of at least 4 members (excludes halogenated alkanes) is 1. The molecular weight excluding hydrogens is 486 g/mol. The van der Waals surface area contributed by atoms with E-state index in [0.29, 0.717) is 39.0 Å². The lowest BCUT2D eigenvalue weighted by molar-refractivity contribution is -0.144. The number of aliphatic hydroxyl groups excluding tert-OH is 1. The van der Waals surface area contributed by atoms with E-state index in [4.69, 9.17) is 0 Å². The Labute approximate surface area is 224 Å². The Morgan fingerprint density at radius 1 is 1.16 bits per heavy atom. The predicted octanol–water partition coefficient (Wildman–Crippen LogP) is 2.96. The van der Waals surface area contributed by atoms with E-state index in [1.165, 1.54) is 0 Å². The topological polar surface area (TPSA) is 81.2 Å². The second kappa shape index (κ2) is 11.4. The molecule has 0 radical (unpaired) electrons. The molecule has 0 saturated carbocycles. The van der Waals surface area contributed by atoms with Gasteiger partial charge in [0.05, 0.1) is 16.6 Å². The minimum Gasteiger partial charge on any atom is -0.396 e. The number of thioether (sulfide) groups is 1. The van der Waals surface area contributed by atoms with Gasteiger partial charge >= 0.3 is 0 Å². The lowest BCUT2D eigenvalue weighted by Gasteiger charge is -2.41. The zero-order valence-electron chi connectivity index (χ0n) is 21.9. The van der Waals surface area contributed by atoms with Crippen LogP contribution in [0.5, 0.6) is 0 Å². The third-order valence-electron chi connectivity index (χ3n) is 8.23. The van der Waals surface area contributed by atoms with Gasteiger partial charge in [-0.1, -0.05) is 49.4 Å². The molecule has 3 aliphatic rings. The average Bonchev–Trinajstić information content (AvgIpc) is 3.48. The molecule has 0 aromatic heterocycles. The Bertz CT molecular complexity index is 1030. The molecule has 3 aliphatic heterocycles. The molecule has 1 spiro atoms. The van der Waals surface area contributed by atoms with Gasteiger partial charge in [-0.2, -0.15) is 0 Å². The summed E-state index contributed by atoms with van der Waals surface area (Å²) in [4.78, 5) is 47.3. The lowest BCUT2D eigenvalue weighted by Crippen LogP contribution is -2.57. The van der Waals surface area contributed by atoms with Crippen LogP contribution in [0.2, 0.25) is 0 Å². The minimum atomic E-state index is -0.653. The molecule has 4 rings (SSSR count). The molecule has 3 heterocycles. The van der Waals surface area contributed by atoms with Crippen LogP contribution in [-0.2, 0) is 20.9 Å². The fourth-order valence-corrected chi connectivity index (χ4v) is 9.03. The van der Waals surface area contributed by atoms with Crippen LogP contribution in [0.1, 0.15) is 31.7 Å². The smallest absolute Gasteiger partial charge is 0.247 e. The highest BCUT2D eigenvalue weighted by Gasteiger charge is 2.76. The normalized spacial score (nSPS) is 29.8. The first-order valence-electron chi connectivity index (χ1n) is 13.2. The summed E-state index contributed by atoms with van der Waals surface area (Å²) in [6.45, 7) is 11.4. The Kier molecular flexibility index (Phi) is 8.49. The summed E-state index contributed by atoms with van der Waals surface area (Å²) in [7, 11) is 1.75. The summed E-state index contributed by atoms with van der Waals surface area (Å²) in [5.74, 6) is -1.09. The van der Waals surface area contributed by atoms with Crippen molar-refractivity contribution in [3.63, 3.8) is 0 Å². The number of benzene rings is 1. The zero-order chi connectivity index (χ0) is 26.7. The van der Waals surface area contributed by atoms with Crippen molar-refractivity contribution in [2.45, 2.75) is 48.8 Å². The first kappa shape index (κ1) is 27.5. The predicted molar refractivity (Wildman–Crippen MR) is 147 cm³/mol. The van der Waals surface area contributed by atoms with Crippen molar-refractivity contribution in [3.8, 4) is 0 Å². The number of aliphatic hydroxyl groups is 1. The molecule has 1 N–H and O–H groups in total. The molecule has 3 amide bonds. The third kappa shape index (κ3) is 4.74. The van der Waals surface area contributed by atoms with Crippen molar-refractivity contribution >= 4 is 29.5 Å². The van der Waals surface area contributed by atoms with Gasteiger partial charge in [-0.25, -0.2) is 0 Å². The standard InChI is InChI=1S/C29H39N3O4S/c1-5-14-30(4)26(34)23-22-18-20(3)29(37-22)24(23)27(35)32(16-10-11-17-33)25(29)28(36)31(15-6-2)19-21-12-8-7-9-13-21/h5-9,12-13,20,22-25,33H,1-2,10-11,14-19H2,3-4H3/t20?,22-,23+,24+,25?,29?/m1/s1. The average molecular weight is 526 g/mol. The van der Waals surface area contributed by atoms with Crippen molar-refractivity contribution in [3.05, 3.63) is 61.2 Å². The summed E-state index contributed by atoms with van der Waals surface area (Å²) < 4.78 is -0.649. The van der Waals surface area contributed by atoms with Gasteiger partial charge in [-0.15, -0.1) is 24.9 Å². The van der Waals surface area contributed by atoms with Crippen LogP contribution in [0.3, 0.4) is 0 Å². The number of amides is 3. The summed E-state index contributed by atoms with van der Waals surface area (Å²) in [5, 5.41) is 9.40. The SMILES string of the molecule is C=CCN(C)C(=O)[C@@H]1[C@H]2C(=O)N(CCCCO)C(C(=O)N(CC=C)Cc3ccccc3)C23S[C@@H]1CC3C. The van der Waals surface area contributed by atoms with Crippen LogP contribution in [0.4, 0.5) is 0 Å². The molecular formula is C29H39N3O4S. The van der Waals surface area contributed by atoms with Gasteiger partial charge in [-0.3, -0.25) is 14.4 Å². The van der Waals surface area contributed by atoms with E-state index >= 15 is 0 Å². The molecule has 2 bridgehead atoms. The monoisotopic (exact) mass is 525 g/mol. The van der Waals surface area contributed by atoms with Gasteiger partial charge in [0.25, 0.3) is 0 Å². The number of hydrogen-bond acceptors (Lipinski definition) is 5. The quantitative estimate of drug-likeness (QED) is 0.335. The highest BCUT2D eigenvalue weighted by atomic mass is 32.2. The number of carbonyl (C=O) groups is 3. The number of likely N-dealkylation sites (N-methyl/N-ethyl adjacent to an activating group) is 1. The van der Waals surface area contributed by atoms with Gasteiger partial charge in [0.15, 0.2) is 0 Å². The lowest BCUT2D eigenvalue weighted by atomic mass is 9.65. The molecule has 37 heavy (non-hydrogen) atoms. The largest absolute Gasteiger partial charge is 0.396 e. The van der Waals surface area contributed by atoms with Crippen LogP contribution in [0, 0.1) is 17.8 Å². The summed E-state index contributed by atoms with van der Waals surface area (Å²) in [6, 6.07) is 9.18. The summed E-state index contributed by atoms with van der Waals surface area (Å²) >= 11 is 1.70. The van der Waals surface area contributed by atoms with Crippen molar-refractivity contribution in [1.82, 2.24) is 14.7 Å². The second-order valence-corrected chi connectivity index (χ2v) is 12.1. The van der Waals surface area contributed by atoms with Crippen molar-refractivity contribution in [2.24, 2.45) is 17.8 Å². The highest BCUT2D eigenvalue weighted by Crippen LogP contribution is 2.68. The van der Waals surface area contributed by atoms with E-state index in [-0.39, 0.29) is 35.5 Å². The molecule has 0 aliphatic carbocycles. The van der Waals surface area contributed by atoms with Gasteiger partial charge < -0.3 is 19.8 Å². The van der Waals surface area contributed by atoms with Crippen LogP contribution >= 0.6 is 11.8 Å². The first-order chi connectivity index (χ1) is 17.8. The van der Waals surface area contributed by atoms with Crippen molar-refractivity contribution < 1.29 is 19.5 Å². The van der Waals surface area contributed by atoms with E-state index in [2.05, 4.69) is 20.1 Å². The van der Waals surface area contributed by atoms with Gasteiger partial charge in [0.1, 0.15) is 6.04 Å². The maximum Gasteiger partial charge on any atom is 0.247 e. The molecule has 1 aromatic carbocycles. The number of fused-ring (bicyclic) bond motifs is 1. The van der Waals surface area contributed by atoms with Crippen molar-refractivity contribution in [2.75, 3.05) is 33.3 Å². The van der Waals surface area contributed by atoms with Crippen LogP contribution in [-0.4, -0.2) is 86.9 Å². The molecule has 8 heteroatoms. The molecule has 7 nitrogen and oxygen atoms in total. The Balaban J connectivity index is 1.73. The zero-order valence-corrected chi connectivity index (χ0v) is 22.7. The van der Waals surface area contributed by atoms with Crippen LogP contribution in [0.25, 0.3) is 0 Å². The molecule has 3 fully saturated rings. The number of rotatable bonds is 12. The van der Waals surface area contributed by atoms with E-state index in [1.54, 1.807) is 45.7 Å². The molecule has 3 unspecified atom stereocenters. The number of hydrogen-bond donors (Lipinski definition) is 1. The summed E-state index contributed by atoms with van der Waals surface area (Å²) in [5.41, 5.74) is 1.01. The summed E-state index contributed by atoms with van der Waals surface area (Å²) in [6.07, 6.45) is 5.38. The maximum absolute atomic E-state index is 14.4. The fraction of sp³-hybridized carbons (Fsp3) is 0.552. The third-order valence-corrected chi connectivity index (χ3v) is 10.3. The van der Waals surface area contributed by atoms with E-state index in [1.807, 2.05) is 30.3 Å². The first-order valence-corrected chi connectivity index (χ1v) is 14.1. The van der Waals surface area contributed by atoms with E-state index in [0.717, 1.165) is 12.0 Å². The highest BCUT2D eigenvalue weighted by molar-refractivity contribution is 8.02. The second-order valence-electron chi connectivity index (χ2n) is 10.5. The van der Waals surface area contributed by atoms with E-state index < -0.39 is 22.6 Å². The Hall–Kier alpha value is -2.58. The van der Waals surface area contributed by atoms with Crippen molar-refractivity contribution in [1.29, 1.82) is 0 Å². The van der Waals surface area contributed by atoms with Gasteiger partial charge in [0.2, 0.25) is 17.7 Å². The number of carbonyl (C=O) groups excluding carboxylic acids is 3. The van der Waals surface area contributed by atoms with Gasteiger partial charge in [-0.05, 0) is 30.7 Å². The van der Waals surface area contributed by atoms with E-state index in [9.17, 15) is 19.5 Å². The fourth-order valence-electron chi connectivity index (χ4n) is 6.62. The Morgan fingerprint density at radius 3 is 2.51 bits per heavy atom. The molecule has 1 aromatic rings. The van der Waals surface area contributed by atoms with Crippen LogP contribution in [0.15, 0.2) is 55.6 Å². The maximum atomic E-state index is 14.4. The molecule has 3 saturated heterocycles. The number of likely N-dealkylation sites (tertiary alicyclic amines) is 1. The minimum absolute atomic E-state index is 0.0144. The Morgan fingerprint density at radius 2 is 1.86 bits per heavy atom. The number of nitrogens with zero attached hydrogens (tertiary/aromatic N) is 3.